The number of halogens is 1. The number of fused-ring (bicyclic) bond motifs is 7. The molecule has 36 heavy (non-hydrogen) atoms. The molecule has 0 radical (unpaired) electrons. The molecule has 0 bridgehead atoms. The van der Waals surface area contributed by atoms with E-state index in [4.69, 9.17) is 0 Å². The Hall–Kier alpha value is -4.44. The highest BCUT2D eigenvalue weighted by atomic mass is 19.1. The lowest BCUT2D eigenvalue weighted by atomic mass is 9.93. The lowest BCUT2D eigenvalue weighted by Gasteiger charge is -2.10. The molecular formula is C32H23FN2O. The summed E-state index contributed by atoms with van der Waals surface area (Å²) in [5.74, 6) is -0.349. The number of hydrogen-bond donors (Lipinski definition) is 1. The van der Waals surface area contributed by atoms with Crippen LogP contribution in [0.2, 0.25) is 0 Å². The second-order valence-electron chi connectivity index (χ2n) is 9.81. The van der Waals surface area contributed by atoms with Crippen molar-refractivity contribution in [2.45, 2.75) is 13.8 Å². The standard InChI is InChI=1S/C32H23FN2O/c1-17-11-18(2)31-26(12-17)24-13-20-14-25-23-15-21(33)9-10-27(23)34-30(25)29(22(20)16-28(24)35(31)3)32(36)19-7-5-4-6-8-19/h4-16,34H,1-3H3. The fourth-order valence-corrected chi connectivity index (χ4v) is 5.96. The highest BCUT2D eigenvalue weighted by Gasteiger charge is 2.22. The van der Waals surface area contributed by atoms with E-state index in [2.05, 4.69) is 60.8 Å². The molecule has 5 aromatic carbocycles. The van der Waals surface area contributed by atoms with Crippen LogP contribution in [0.1, 0.15) is 27.0 Å². The number of aromatic amines is 1. The molecule has 0 aliphatic heterocycles. The molecule has 7 rings (SSSR count). The van der Waals surface area contributed by atoms with E-state index in [-0.39, 0.29) is 11.6 Å². The molecule has 7 aromatic rings. The van der Waals surface area contributed by atoms with Gasteiger partial charge in [0, 0.05) is 45.2 Å². The summed E-state index contributed by atoms with van der Waals surface area (Å²) in [6.07, 6.45) is 0. The maximum absolute atomic E-state index is 14.3. The van der Waals surface area contributed by atoms with Crippen LogP contribution in [0.25, 0.3) is 54.4 Å². The number of hydrogen-bond acceptors (Lipinski definition) is 1. The van der Waals surface area contributed by atoms with Crippen LogP contribution < -0.4 is 0 Å². The van der Waals surface area contributed by atoms with E-state index in [1.54, 1.807) is 12.1 Å². The molecule has 0 saturated carbocycles. The second-order valence-corrected chi connectivity index (χ2v) is 9.81. The first kappa shape index (κ1) is 20.9. The number of nitrogens with one attached hydrogen (secondary N) is 1. The van der Waals surface area contributed by atoms with Gasteiger partial charge in [-0.1, -0.05) is 42.0 Å². The zero-order chi connectivity index (χ0) is 24.7. The summed E-state index contributed by atoms with van der Waals surface area (Å²) in [6, 6.07) is 24.9. The van der Waals surface area contributed by atoms with Gasteiger partial charge in [-0.25, -0.2) is 4.39 Å². The molecule has 0 fully saturated rings. The van der Waals surface area contributed by atoms with Crippen LogP contribution in [-0.2, 0) is 7.05 Å². The van der Waals surface area contributed by atoms with Crippen LogP contribution in [0.5, 0.6) is 0 Å². The Bertz CT molecular complexity index is 2040. The third-order valence-corrected chi connectivity index (χ3v) is 7.48. The molecular weight excluding hydrogens is 447 g/mol. The zero-order valence-electron chi connectivity index (χ0n) is 20.2. The van der Waals surface area contributed by atoms with Gasteiger partial charge in [0.15, 0.2) is 5.78 Å². The Morgan fingerprint density at radius 1 is 0.806 bits per heavy atom. The van der Waals surface area contributed by atoms with E-state index in [1.807, 2.05) is 30.3 Å². The molecule has 0 unspecified atom stereocenters. The third kappa shape index (κ3) is 2.81. The minimum atomic E-state index is -0.296. The Balaban J connectivity index is 1.69. The van der Waals surface area contributed by atoms with Gasteiger partial charge >= 0.3 is 0 Å². The van der Waals surface area contributed by atoms with Crippen LogP contribution in [-0.4, -0.2) is 15.3 Å². The zero-order valence-corrected chi connectivity index (χ0v) is 20.2. The van der Waals surface area contributed by atoms with Gasteiger partial charge in [-0.3, -0.25) is 4.79 Å². The van der Waals surface area contributed by atoms with Crippen molar-refractivity contribution in [2.24, 2.45) is 7.05 Å². The number of aryl methyl sites for hydroxylation is 3. The fraction of sp³-hybridized carbons (Fsp3) is 0.0938. The lowest BCUT2D eigenvalue weighted by molar-refractivity contribution is 0.104. The number of nitrogens with zero attached hydrogens (tertiary/aromatic N) is 1. The molecule has 0 amide bonds. The summed E-state index contributed by atoms with van der Waals surface area (Å²) in [6.45, 7) is 4.26. The number of benzene rings is 5. The predicted molar refractivity (Wildman–Crippen MR) is 147 cm³/mol. The summed E-state index contributed by atoms with van der Waals surface area (Å²) in [5, 5.41) is 5.83. The Kier molecular flexibility index (Phi) is 4.23. The molecule has 0 aliphatic rings. The summed E-state index contributed by atoms with van der Waals surface area (Å²) in [4.78, 5) is 17.4. The number of carbonyl (C=O) groups excluding carboxylic acids is 1. The van der Waals surface area contributed by atoms with E-state index in [0.717, 1.165) is 43.5 Å². The van der Waals surface area contributed by atoms with Crippen molar-refractivity contribution in [1.29, 1.82) is 0 Å². The summed E-state index contributed by atoms with van der Waals surface area (Å²) < 4.78 is 16.5. The SMILES string of the molecule is Cc1cc(C)c2c(c1)c1cc3cc4c([nH]c5ccc(F)cc54)c(C(=O)c4ccccc4)c3cc1n2C. The van der Waals surface area contributed by atoms with Crippen molar-refractivity contribution in [1.82, 2.24) is 9.55 Å². The summed E-state index contributed by atoms with van der Waals surface area (Å²) in [7, 11) is 2.09. The first-order chi connectivity index (χ1) is 17.4. The maximum atomic E-state index is 14.3. The average molecular weight is 471 g/mol. The van der Waals surface area contributed by atoms with Gasteiger partial charge in [0.05, 0.1) is 16.6 Å². The Morgan fingerprint density at radius 3 is 2.39 bits per heavy atom. The molecule has 4 heteroatoms. The van der Waals surface area contributed by atoms with E-state index >= 15 is 0 Å². The molecule has 1 N–H and O–H groups in total. The highest BCUT2D eigenvalue weighted by Crippen LogP contribution is 2.39. The Labute approximate surface area is 206 Å². The molecule has 174 valence electrons. The minimum Gasteiger partial charge on any atom is -0.354 e. The number of H-pyrrole nitrogens is 1. The van der Waals surface area contributed by atoms with Crippen molar-refractivity contribution in [3.05, 3.63) is 107 Å². The van der Waals surface area contributed by atoms with Gasteiger partial charge in [-0.2, -0.15) is 0 Å². The van der Waals surface area contributed by atoms with E-state index in [9.17, 15) is 9.18 Å². The highest BCUT2D eigenvalue weighted by molar-refractivity contribution is 6.29. The number of carbonyl (C=O) groups is 1. The molecule has 2 heterocycles. The molecule has 0 saturated heterocycles. The van der Waals surface area contributed by atoms with Crippen molar-refractivity contribution >= 4 is 60.2 Å². The predicted octanol–water partition coefficient (Wildman–Crippen LogP) is 8.11. The number of ketones is 1. The van der Waals surface area contributed by atoms with Gasteiger partial charge in [0.1, 0.15) is 5.82 Å². The quantitative estimate of drug-likeness (QED) is 0.255. The summed E-state index contributed by atoms with van der Waals surface area (Å²) >= 11 is 0. The third-order valence-electron chi connectivity index (χ3n) is 7.48. The monoisotopic (exact) mass is 470 g/mol. The molecule has 2 aromatic heterocycles. The van der Waals surface area contributed by atoms with Crippen molar-refractivity contribution in [3.8, 4) is 0 Å². The second kappa shape index (κ2) is 7.28. The van der Waals surface area contributed by atoms with E-state index in [1.165, 1.54) is 28.1 Å². The molecule has 3 nitrogen and oxygen atoms in total. The molecule has 0 spiro atoms. The normalized spacial score (nSPS) is 12.0. The lowest BCUT2D eigenvalue weighted by Crippen LogP contribution is -2.03. The van der Waals surface area contributed by atoms with Gasteiger partial charge < -0.3 is 9.55 Å². The fourth-order valence-electron chi connectivity index (χ4n) is 5.96. The van der Waals surface area contributed by atoms with E-state index in [0.29, 0.717) is 11.1 Å². The van der Waals surface area contributed by atoms with Gasteiger partial charge in [0.25, 0.3) is 0 Å². The van der Waals surface area contributed by atoms with Crippen LogP contribution in [0, 0.1) is 19.7 Å². The maximum Gasteiger partial charge on any atom is 0.195 e. The largest absolute Gasteiger partial charge is 0.354 e. The van der Waals surface area contributed by atoms with Crippen LogP contribution in [0.3, 0.4) is 0 Å². The number of rotatable bonds is 2. The van der Waals surface area contributed by atoms with Gasteiger partial charge in [0.2, 0.25) is 0 Å². The van der Waals surface area contributed by atoms with Gasteiger partial charge in [-0.15, -0.1) is 0 Å². The van der Waals surface area contributed by atoms with Crippen LogP contribution >= 0.6 is 0 Å². The van der Waals surface area contributed by atoms with Crippen LogP contribution in [0.4, 0.5) is 4.39 Å². The molecule has 0 atom stereocenters. The van der Waals surface area contributed by atoms with Gasteiger partial charge in [-0.05, 0) is 72.6 Å². The first-order valence-corrected chi connectivity index (χ1v) is 12.1. The molecule has 0 aliphatic carbocycles. The minimum absolute atomic E-state index is 0.0524. The van der Waals surface area contributed by atoms with Crippen LogP contribution in [0.15, 0.2) is 78.9 Å². The average Bonchev–Trinajstić information content (AvgIpc) is 3.36. The van der Waals surface area contributed by atoms with Crippen molar-refractivity contribution in [2.75, 3.05) is 0 Å². The first-order valence-electron chi connectivity index (χ1n) is 12.1. The van der Waals surface area contributed by atoms with Crippen molar-refractivity contribution in [3.63, 3.8) is 0 Å². The number of aromatic nitrogens is 2. The van der Waals surface area contributed by atoms with Crippen molar-refractivity contribution < 1.29 is 9.18 Å². The summed E-state index contributed by atoms with van der Waals surface area (Å²) in [5.41, 5.74) is 7.50. The van der Waals surface area contributed by atoms with E-state index < -0.39 is 0 Å². The Morgan fingerprint density at radius 2 is 1.58 bits per heavy atom. The topological polar surface area (TPSA) is 37.8 Å². The smallest absolute Gasteiger partial charge is 0.195 e.